The first-order chi connectivity index (χ1) is 11.4. The summed E-state index contributed by atoms with van der Waals surface area (Å²) in [6, 6.07) is 2.73. The number of hydrogen-bond acceptors (Lipinski definition) is 3. The molecule has 0 spiro atoms. The molecular weight excluding hydrogens is 323 g/mol. The van der Waals surface area contributed by atoms with Gasteiger partial charge in [0.25, 0.3) is 5.91 Å². The molecular formula is C16H18F3N3O2. The summed E-state index contributed by atoms with van der Waals surface area (Å²) in [7, 11) is 0. The molecule has 0 atom stereocenters. The van der Waals surface area contributed by atoms with Crippen molar-refractivity contribution in [2.45, 2.75) is 44.8 Å². The second kappa shape index (κ2) is 6.33. The number of aryl methyl sites for hydroxylation is 2. The quantitative estimate of drug-likeness (QED) is 0.818. The van der Waals surface area contributed by atoms with E-state index < -0.39 is 11.9 Å². The Bertz CT molecular complexity index is 729. The van der Waals surface area contributed by atoms with E-state index in [-0.39, 0.29) is 11.8 Å². The Kier molecular flexibility index (Phi) is 4.38. The van der Waals surface area contributed by atoms with Crippen molar-refractivity contribution < 1.29 is 22.4 Å². The summed E-state index contributed by atoms with van der Waals surface area (Å²) >= 11 is 0. The Morgan fingerprint density at radius 2 is 2.21 bits per heavy atom. The van der Waals surface area contributed by atoms with E-state index in [4.69, 9.17) is 4.42 Å². The first kappa shape index (κ1) is 16.6. The maximum absolute atomic E-state index is 12.8. The summed E-state index contributed by atoms with van der Waals surface area (Å²) in [6.45, 7) is 2.39. The van der Waals surface area contributed by atoms with E-state index in [1.807, 2.05) is 0 Å². The summed E-state index contributed by atoms with van der Waals surface area (Å²) < 4.78 is 44.9. The Hall–Kier alpha value is -2.25. The van der Waals surface area contributed by atoms with Gasteiger partial charge in [0.1, 0.15) is 5.76 Å². The van der Waals surface area contributed by atoms with Crippen LogP contribution in [0.3, 0.4) is 0 Å². The largest absolute Gasteiger partial charge is 0.469 e. The molecule has 2 aromatic heterocycles. The number of rotatable bonds is 6. The zero-order chi connectivity index (χ0) is 17.3. The molecule has 1 N–H and O–H groups in total. The highest BCUT2D eigenvalue weighted by molar-refractivity contribution is 5.94. The minimum absolute atomic E-state index is 0.178. The number of nitrogens with one attached hydrogen (secondary N) is 1. The van der Waals surface area contributed by atoms with Gasteiger partial charge in [0.05, 0.1) is 11.8 Å². The third-order valence-corrected chi connectivity index (χ3v) is 4.03. The molecule has 0 aliphatic heterocycles. The standard InChI is InChI=1S/C16H18F3N3O2/c1-10-12(5-8-24-10)15(23)20-6-2-7-22-13(11-3-4-11)9-14(21-22)16(17,18)19/h5,8-9,11H,2-4,6-7H2,1H3,(H,20,23). The van der Waals surface area contributed by atoms with Gasteiger partial charge < -0.3 is 9.73 Å². The molecule has 2 heterocycles. The molecule has 24 heavy (non-hydrogen) atoms. The number of alkyl halides is 3. The van der Waals surface area contributed by atoms with Crippen molar-refractivity contribution in [2.75, 3.05) is 6.54 Å². The van der Waals surface area contributed by atoms with Gasteiger partial charge in [-0.25, -0.2) is 0 Å². The first-order valence-corrected chi connectivity index (χ1v) is 7.83. The van der Waals surface area contributed by atoms with Crippen molar-refractivity contribution in [2.24, 2.45) is 0 Å². The Labute approximate surface area is 136 Å². The van der Waals surface area contributed by atoms with Crippen LogP contribution in [0.4, 0.5) is 13.2 Å². The van der Waals surface area contributed by atoms with Crippen molar-refractivity contribution in [1.29, 1.82) is 0 Å². The van der Waals surface area contributed by atoms with E-state index in [2.05, 4.69) is 10.4 Å². The average Bonchev–Trinajstić information content (AvgIpc) is 3.11. The Morgan fingerprint density at radius 3 is 2.79 bits per heavy atom. The summed E-state index contributed by atoms with van der Waals surface area (Å²) in [5.41, 5.74) is 0.258. The van der Waals surface area contributed by atoms with Gasteiger partial charge in [0.15, 0.2) is 5.69 Å². The summed E-state index contributed by atoms with van der Waals surface area (Å²) in [4.78, 5) is 11.9. The van der Waals surface area contributed by atoms with E-state index in [1.54, 1.807) is 13.0 Å². The Balaban J connectivity index is 1.56. The molecule has 0 radical (unpaired) electrons. The van der Waals surface area contributed by atoms with Crippen LogP contribution in [0.15, 0.2) is 22.8 Å². The SMILES string of the molecule is Cc1occc1C(=O)NCCCn1nc(C(F)(F)F)cc1C1CC1. The van der Waals surface area contributed by atoms with Crippen molar-refractivity contribution in [3.8, 4) is 0 Å². The number of hydrogen-bond donors (Lipinski definition) is 1. The second-order valence-corrected chi connectivity index (χ2v) is 5.95. The third-order valence-electron chi connectivity index (χ3n) is 4.03. The monoisotopic (exact) mass is 341 g/mol. The lowest BCUT2D eigenvalue weighted by atomic mass is 10.2. The van der Waals surface area contributed by atoms with Crippen LogP contribution >= 0.6 is 0 Å². The van der Waals surface area contributed by atoms with Crippen molar-refractivity contribution in [3.63, 3.8) is 0 Å². The smallest absolute Gasteiger partial charge is 0.435 e. The molecule has 1 amide bonds. The fourth-order valence-electron chi connectivity index (χ4n) is 2.60. The second-order valence-electron chi connectivity index (χ2n) is 5.95. The highest BCUT2D eigenvalue weighted by atomic mass is 19.4. The lowest BCUT2D eigenvalue weighted by molar-refractivity contribution is -0.141. The van der Waals surface area contributed by atoms with E-state index in [9.17, 15) is 18.0 Å². The van der Waals surface area contributed by atoms with Crippen LogP contribution in [-0.4, -0.2) is 22.2 Å². The molecule has 1 saturated carbocycles. The van der Waals surface area contributed by atoms with Gasteiger partial charge in [-0.15, -0.1) is 0 Å². The van der Waals surface area contributed by atoms with Gasteiger partial charge >= 0.3 is 6.18 Å². The lowest BCUT2D eigenvalue weighted by Crippen LogP contribution is -2.25. The van der Waals surface area contributed by atoms with E-state index in [1.165, 1.54) is 10.9 Å². The van der Waals surface area contributed by atoms with E-state index in [0.29, 0.717) is 36.5 Å². The molecule has 3 rings (SSSR count). The van der Waals surface area contributed by atoms with Gasteiger partial charge in [0.2, 0.25) is 0 Å². The third kappa shape index (κ3) is 3.63. The minimum atomic E-state index is -4.43. The summed E-state index contributed by atoms with van der Waals surface area (Å²) in [5.74, 6) is 0.460. The number of aromatic nitrogens is 2. The Morgan fingerprint density at radius 1 is 1.46 bits per heavy atom. The molecule has 2 aromatic rings. The van der Waals surface area contributed by atoms with Crippen LogP contribution < -0.4 is 5.32 Å². The zero-order valence-electron chi connectivity index (χ0n) is 13.2. The van der Waals surface area contributed by atoms with E-state index in [0.717, 1.165) is 18.9 Å². The lowest BCUT2D eigenvalue weighted by Gasteiger charge is -2.08. The van der Waals surface area contributed by atoms with Crippen molar-refractivity contribution >= 4 is 5.91 Å². The molecule has 1 aliphatic carbocycles. The number of nitrogens with zero attached hydrogens (tertiary/aromatic N) is 2. The molecule has 8 heteroatoms. The molecule has 130 valence electrons. The minimum Gasteiger partial charge on any atom is -0.469 e. The average molecular weight is 341 g/mol. The molecule has 1 aliphatic rings. The van der Waals surface area contributed by atoms with Crippen molar-refractivity contribution in [1.82, 2.24) is 15.1 Å². The van der Waals surface area contributed by atoms with Gasteiger partial charge in [-0.1, -0.05) is 0 Å². The number of carbonyl (C=O) groups excluding carboxylic acids is 1. The highest BCUT2D eigenvalue weighted by Crippen LogP contribution is 2.42. The first-order valence-electron chi connectivity index (χ1n) is 7.83. The van der Waals surface area contributed by atoms with E-state index >= 15 is 0 Å². The van der Waals surface area contributed by atoms with Gasteiger partial charge in [-0.3, -0.25) is 9.48 Å². The maximum Gasteiger partial charge on any atom is 0.435 e. The highest BCUT2D eigenvalue weighted by Gasteiger charge is 2.37. The van der Waals surface area contributed by atoms with Gasteiger partial charge in [-0.05, 0) is 38.3 Å². The fourth-order valence-corrected chi connectivity index (χ4v) is 2.60. The molecule has 1 fully saturated rings. The van der Waals surface area contributed by atoms with Crippen molar-refractivity contribution in [3.05, 3.63) is 41.1 Å². The van der Waals surface area contributed by atoms with Crippen LogP contribution in [-0.2, 0) is 12.7 Å². The van der Waals surface area contributed by atoms with Crippen LogP contribution in [0.2, 0.25) is 0 Å². The van der Waals surface area contributed by atoms with Gasteiger partial charge in [-0.2, -0.15) is 18.3 Å². The molecule has 0 saturated heterocycles. The number of furan rings is 1. The molecule has 0 unspecified atom stereocenters. The summed E-state index contributed by atoms with van der Waals surface area (Å²) in [6.07, 6.45) is -0.684. The predicted octanol–water partition coefficient (Wildman–Crippen LogP) is 3.50. The van der Waals surface area contributed by atoms with Crippen LogP contribution in [0, 0.1) is 6.92 Å². The summed E-state index contributed by atoms with van der Waals surface area (Å²) in [5, 5.41) is 6.42. The fraction of sp³-hybridized carbons (Fsp3) is 0.500. The number of carbonyl (C=O) groups is 1. The normalized spacial score (nSPS) is 14.8. The topological polar surface area (TPSA) is 60.1 Å². The number of amides is 1. The van der Waals surface area contributed by atoms with Crippen LogP contribution in [0.5, 0.6) is 0 Å². The van der Waals surface area contributed by atoms with Crippen LogP contribution in [0.25, 0.3) is 0 Å². The molecule has 0 bridgehead atoms. The number of halogens is 3. The zero-order valence-corrected chi connectivity index (χ0v) is 13.2. The molecule has 0 aromatic carbocycles. The molecule has 5 nitrogen and oxygen atoms in total. The van der Waals surface area contributed by atoms with Gasteiger partial charge in [0, 0.05) is 24.7 Å². The maximum atomic E-state index is 12.8. The van der Waals surface area contributed by atoms with Crippen LogP contribution in [0.1, 0.15) is 52.7 Å². The predicted molar refractivity (Wildman–Crippen MR) is 79.6 cm³/mol.